The van der Waals surface area contributed by atoms with Gasteiger partial charge in [-0.2, -0.15) is 5.10 Å². The minimum Gasteiger partial charge on any atom is -0.423 e. The summed E-state index contributed by atoms with van der Waals surface area (Å²) in [4.78, 5) is 6.22. The third-order valence-electron chi connectivity index (χ3n) is 3.55. The zero-order valence-electron chi connectivity index (χ0n) is 13.3. The Labute approximate surface area is 129 Å². The van der Waals surface area contributed by atoms with Crippen LogP contribution in [0.1, 0.15) is 32.6 Å². The molecule has 3 rings (SSSR count). The molecule has 0 radical (unpaired) electrons. The van der Waals surface area contributed by atoms with E-state index in [2.05, 4.69) is 46.0 Å². The summed E-state index contributed by atoms with van der Waals surface area (Å²) in [6, 6.07) is 0. The first-order valence-corrected chi connectivity index (χ1v) is 7.50. The standard InChI is InChI=1S/C14H22N6O2/c1-14(2,3)13-18-17-12(22-13)8-19-4-5-21-11(6-19)7-20-10-15-9-16-20/h9-11H,4-8H2,1-3H3. The van der Waals surface area contributed by atoms with Crippen LogP contribution in [-0.4, -0.2) is 55.7 Å². The lowest BCUT2D eigenvalue weighted by Crippen LogP contribution is -2.43. The van der Waals surface area contributed by atoms with E-state index >= 15 is 0 Å². The van der Waals surface area contributed by atoms with Gasteiger partial charge in [0.2, 0.25) is 11.8 Å². The fraction of sp³-hybridized carbons (Fsp3) is 0.714. The number of hydrogen-bond donors (Lipinski definition) is 0. The van der Waals surface area contributed by atoms with E-state index in [-0.39, 0.29) is 11.5 Å². The van der Waals surface area contributed by atoms with Gasteiger partial charge in [0.25, 0.3) is 0 Å². The van der Waals surface area contributed by atoms with Gasteiger partial charge in [0, 0.05) is 18.5 Å². The van der Waals surface area contributed by atoms with Crippen LogP contribution in [0.15, 0.2) is 17.1 Å². The van der Waals surface area contributed by atoms with Crippen molar-refractivity contribution in [3.63, 3.8) is 0 Å². The smallest absolute Gasteiger partial charge is 0.230 e. The van der Waals surface area contributed by atoms with Crippen LogP contribution in [0.4, 0.5) is 0 Å². The van der Waals surface area contributed by atoms with E-state index in [1.807, 2.05) is 0 Å². The molecule has 1 aliphatic heterocycles. The van der Waals surface area contributed by atoms with Gasteiger partial charge in [-0.1, -0.05) is 20.8 Å². The van der Waals surface area contributed by atoms with Crippen molar-refractivity contribution in [3.8, 4) is 0 Å². The molecule has 1 unspecified atom stereocenters. The van der Waals surface area contributed by atoms with Crippen LogP contribution in [-0.2, 0) is 23.2 Å². The van der Waals surface area contributed by atoms with E-state index in [0.29, 0.717) is 31.5 Å². The maximum absolute atomic E-state index is 5.78. The number of aromatic nitrogens is 5. The molecule has 1 fully saturated rings. The lowest BCUT2D eigenvalue weighted by molar-refractivity contribution is -0.0424. The van der Waals surface area contributed by atoms with E-state index in [9.17, 15) is 0 Å². The van der Waals surface area contributed by atoms with Crippen LogP contribution in [0.2, 0.25) is 0 Å². The molecule has 1 aliphatic rings. The van der Waals surface area contributed by atoms with Gasteiger partial charge in [-0.25, -0.2) is 4.98 Å². The Balaban J connectivity index is 1.57. The van der Waals surface area contributed by atoms with E-state index in [0.717, 1.165) is 13.1 Å². The van der Waals surface area contributed by atoms with Crippen molar-refractivity contribution in [1.82, 2.24) is 29.9 Å². The first kappa shape index (κ1) is 15.1. The molecule has 0 spiro atoms. The molecule has 22 heavy (non-hydrogen) atoms. The number of morpholine rings is 1. The zero-order valence-corrected chi connectivity index (χ0v) is 13.3. The Morgan fingerprint density at radius 3 is 2.86 bits per heavy atom. The molecule has 0 saturated carbocycles. The van der Waals surface area contributed by atoms with Crippen molar-refractivity contribution in [2.75, 3.05) is 19.7 Å². The second-order valence-electron chi connectivity index (χ2n) is 6.60. The highest BCUT2D eigenvalue weighted by molar-refractivity contribution is 4.96. The summed E-state index contributed by atoms with van der Waals surface area (Å²) in [7, 11) is 0. The van der Waals surface area contributed by atoms with Crippen molar-refractivity contribution in [2.24, 2.45) is 0 Å². The normalized spacial score (nSPS) is 20.4. The SMILES string of the molecule is CC(C)(C)c1nnc(CN2CCOC(Cn3cncn3)C2)o1. The lowest BCUT2D eigenvalue weighted by atomic mass is 9.97. The summed E-state index contributed by atoms with van der Waals surface area (Å²) in [6.45, 7) is 9.91. The van der Waals surface area contributed by atoms with Crippen molar-refractivity contribution in [3.05, 3.63) is 24.4 Å². The van der Waals surface area contributed by atoms with Gasteiger partial charge in [-0.05, 0) is 0 Å². The topological polar surface area (TPSA) is 82.1 Å². The summed E-state index contributed by atoms with van der Waals surface area (Å²) in [5.41, 5.74) is -0.119. The molecule has 8 nitrogen and oxygen atoms in total. The molecular formula is C14H22N6O2. The van der Waals surface area contributed by atoms with Crippen LogP contribution in [0, 0.1) is 0 Å². The molecule has 1 atom stereocenters. The summed E-state index contributed by atoms with van der Waals surface area (Å²) in [6.07, 6.45) is 3.34. The lowest BCUT2D eigenvalue weighted by Gasteiger charge is -2.31. The Morgan fingerprint density at radius 1 is 1.32 bits per heavy atom. The Bertz CT molecular complexity index is 589. The van der Waals surface area contributed by atoms with Crippen LogP contribution >= 0.6 is 0 Å². The van der Waals surface area contributed by atoms with Crippen LogP contribution in [0.25, 0.3) is 0 Å². The number of rotatable bonds is 4. The first-order chi connectivity index (χ1) is 10.5. The second-order valence-corrected chi connectivity index (χ2v) is 6.60. The van der Waals surface area contributed by atoms with Crippen molar-refractivity contribution in [2.45, 2.75) is 45.4 Å². The predicted octanol–water partition coefficient (Wildman–Crippen LogP) is 0.860. The van der Waals surface area contributed by atoms with Gasteiger partial charge >= 0.3 is 0 Å². The molecule has 8 heteroatoms. The predicted molar refractivity (Wildman–Crippen MR) is 78.0 cm³/mol. The molecule has 0 bridgehead atoms. The van der Waals surface area contributed by atoms with Crippen molar-refractivity contribution in [1.29, 1.82) is 0 Å². The van der Waals surface area contributed by atoms with E-state index in [1.54, 1.807) is 11.0 Å². The Kier molecular flexibility index (Phi) is 4.21. The molecule has 0 amide bonds. The molecule has 120 valence electrons. The molecule has 3 heterocycles. The Hall–Kier alpha value is -1.80. The highest BCUT2D eigenvalue weighted by atomic mass is 16.5. The zero-order chi connectivity index (χ0) is 15.6. The van der Waals surface area contributed by atoms with Gasteiger partial charge < -0.3 is 9.15 Å². The first-order valence-electron chi connectivity index (χ1n) is 7.50. The van der Waals surface area contributed by atoms with Gasteiger partial charge in [-0.15, -0.1) is 10.2 Å². The quantitative estimate of drug-likeness (QED) is 0.828. The molecular weight excluding hydrogens is 284 g/mol. The van der Waals surface area contributed by atoms with E-state index < -0.39 is 0 Å². The molecule has 0 aromatic carbocycles. The molecule has 0 N–H and O–H groups in total. The third-order valence-corrected chi connectivity index (χ3v) is 3.55. The van der Waals surface area contributed by atoms with Crippen LogP contribution < -0.4 is 0 Å². The van der Waals surface area contributed by atoms with Gasteiger partial charge in [-0.3, -0.25) is 9.58 Å². The third kappa shape index (κ3) is 3.69. The largest absolute Gasteiger partial charge is 0.423 e. The number of hydrogen-bond acceptors (Lipinski definition) is 7. The van der Waals surface area contributed by atoms with Gasteiger partial charge in [0.1, 0.15) is 12.7 Å². The number of nitrogens with zero attached hydrogens (tertiary/aromatic N) is 6. The fourth-order valence-electron chi connectivity index (χ4n) is 2.38. The maximum atomic E-state index is 5.78. The number of ether oxygens (including phenoxy) is 1. The van der Waals surface area contributed by atoms with Crippen LogP contribution in [0.5, 0.6) is 0 Å². The summed E-state index contributed by atoms with van der Waals surface area (Å²) in [5.74, 6) is 1.33. The second kappa shape index (κ2) is 6.13. The summed E-state index contributed by atoms with van der Waals surface area (Å²) in [5, 5.41) is 12.4. The molecule has 2 aromatic heterocycles. The van der Waals surface area contributed by atoms with Gasteiger partial charge in [0.15, 0.2) is 0 Å². The fourth-order valence-corrected chi connectivity index (χ4v) is 2.38. The van der Waals surface area contributed by atoms with Gasteiger partial charge in [0.05, 0.1) is 25.8 Å². The monoisotopic (exact) mass is 306 g/mol. The summed E-state index contributed by atoms with van der Waals surface area (Å²) >= 11 is 0. The average molecular weight is 306 g/mol. The minimum atomic E-state index is -0.119. The van der Waals surface area contributed by atoms with Crippen molar-refractivity contribution < 1.29 is 9.15 Å². The summed E-state index contributed by atoms with van der Waals surface area (Å²) < 4.78 is 13.3. The highest BCUT2D eigenvalue weighted by Crippen LogP contribution is 2.21. The van der Waals surface area contributed by atoms with Crippen molar-refractivity contribution >= 4 is 0 Å². The Morgan fingerprint density at radius 2 is 2.18 bits per heavy atom. The average Bonchev–Trinajstić information content (AvgIpc) is 3.10. The maximum Gasteiger partial charge on any atom is 0.230 e. The molecule has 2 aromatic rings. The van der Waals surface area contributed by atoms with Crippen LogP contribution in [0.3, 0.4) is 0 Å². The molecule has 1 saturated heterocycles. The van der Waals surface area contributed by atoms with E-state index in [1.165, 1.54) is 6.33 Å². The van der Waals surface area contributed by atoms with E-state index in [4.69, 9.17) is 9.15 Å². The highest BCUT2D eigenvalue weighted by Gasteiger charge is 2.25. The molecule has 0 aliphatic carbocycles. The minimum absolute atomic E-state index is 0.0976.